The van der Waals surface area contributed by atoms with Gasteiger partial charge in [-0.2, -0.15) is 0 Å². The van der Waals surface area contributed by atoms with E-state index in [2.05, 4.69) is 20.5 Å². The van der Waals surface area contributed by atoms with E-state index in [1.807, 2.05) is 12.1 Å². The quantitative estimate of drug-likeness (QED) is 0.432. The monoisotopic (exact) mass is 346 g/mol. The maximum atomic E-state index is 14.1. The summed E-state index contributed by atoms with van der Waals surface area (Å²) < 4.78 is 14.1. The summed E-state index contributed by atoms with van der Waals surface area (Å²) in [5, 5.41) is 6.78. The van der Waals surface area contributed by atoms with Crippen molar-refractivity contribution in [1.82, 2.24) is 15.5 Å². The lowest BCUT2D eigenvalue weighted by Gasteiger charge is -2.20. The lowest BCUT2D eigenvalue weighted by atomic mass is 9.95. The van der Waals surface area contributed by atoms with Crippen LogP contribution in [0.4, 0.5) is 4.39 Å². The maximum absolute atomic E-state index is 14.1. The molecule has 1 aromatic rings. The minimum atomic E-state index is -0.0911. The van der Waals surface area contributed by atoms with Crippen molar-refractivity contribution in [2.24, 2.45) is 4.99 Å². The van der Waals surface area contributed by atoms with E-state index in [9.17, 15) is 4.39 Å². The molecule has 0 aromatic heterocycles. The first-order chi connectivity index (χ1) is 12.2. The highest BCUT2D eigenvalue weighted by Gasteiger charge is 2.45. The van der Waals surface area contributed by atoms with Gasteiger partial charge in [0.15, 0.2) is 5.96 Å². The number of nitrogens with one attached hydrogen (secondary N) is 2. The summed E-state index contributed by atoms with van der Waals surface area (Å²) in [6.07, 6.45) is 7.16. The maximum Gasteiger partial charge on any atom is 0.191 e. The third kappa shape index (κ3) is 4.94. The molecule has 138 valence electrons. The average Bonchev–Trinajstić information content (AvgIpc) is 3.23. The van der Waals surface area contributed by atoms with Crippen LogP contribution in [0.2, 0.25) is 0 Å². The molecule has 0 radical (unpaired) electrons. The van der Waals surface area contributed by atoms with E-state index < -0.39 is 0 Å². The van der Waals surface area contributed by atoms with Gasteiger partial charge in [0.1, 0.15) is 5.82 Å². The van der Waals surface area contributed by atoms with Gasteiger partial charge >= 0.3 is 0 Å². The molecule has 1 saturated heterocycles. The normalized spacial score (nSPS) is 19.8. The van der Waals surface area contributed by atoms with E-state index >= 15 is 0 Å². The van der Waals surface area contributed by atoms with Crippen molar-refractivity contribution in [3.63, 3.8) is 0 Å². The Morgan fingerprint density at radius 2 is 1.92 bits per heavy atom. The first-order valence-corrected chi connectivity index (χ1v) is 9.65. The highest BCUT2D eigenvalue weighted by Crippen LogP contribution is 2.48. The number of likely N-dealkylation sites (tertiary alicyclic amines) is 1. The molecule has 2 N–H and O–H groups in total. The van der Waals surface area contributed by atoms with Crippen LogP contribution in [0.15, 0.2) is 29.3 Å². The average molecular weight is 346 g/mol. The molecule has 1 heterocycles. The van der Waals surface area contributed by atoms with Gasteiger partial charge in [-0.3, -0.25) is 4.99 Å². The smallest absolute Gasteiger partial charge is 0.191 e. The number of unbranched alkanes of at least 4 members (excludes halogenated alkanes) is 1. The molecule has 25 heavy (non-hydrogen) atoms. The molecule has 1 aliphatic carbocycles. The molecule has 0 spiro atoms. The molecule has 0 atom stereocenters. The molecule has 4 nitrogen and oxygen atoms in total. The van der Waals surface area contributed by atoms with Crippen molar-refractivity contribution in [2.75, 3.05) is 39.8 Å². The number of nitrogens with zero attached hydrogens (tertiary/aromatic N) is 2. The zero-order valence-electron chi connectivity index (χ0n) is 15.4. The molecule has 5 heteroatoms. The fourth-order valence-electron chi connectivity index (χ4n) is 3.73. The van der Waals surface area contributed by atoms with Gasteiger partial charge in [-0.15, -0.1) is 0 Å². The summed E-state index contributed by atoms with van der Waals surface area (Å²) in [7, 11) is 1.79. The van der Waals surface area contributed by atoms with Crippen molar-refractivity contribution in [3.8, 4) is 0 Å². The topological polar surface area (TPSA) is 39.7 Å². The van der Waals surface area contributed by atoms with Crippen LogP contribution in [0.3, 0.4) is 0 Å². The van der Waals surface area contributed by atoms with Crippen LogP contribution < -0.4 is 10.6 Å². The number of guanidine groups is 1. The summed E-state index contributed by atoms with van der Waals surface area (Å²) >= 11 is 0. The molecule has 2 aliphatic rings. The van der Waals surface area contributed by atoms with Gasteiger partial charge in [0.2, 0.25) is 0 Å². The highest BCUT2D eigenvalue weighted by molar-refractivity contribution is 5.79. The second-order valence-electron chi connectivity index (χ2n) is 7.37. The molecule has 1 saturated carbocycles. The molecule has 0 unspecified atom stereocenters. The predicted octanol–water partition coefficient (Wildman–Crippen LogP) is 2.90. The van der Waals surface area contributed by atoms with Crippen LogP contribution in [-0.2, 0) is 5.41 Å². The summed E-state index contributed by atoms with van der Waals surface area (Å²) in [5.41, 5.74) is 0.780. The Morgan fingerprint density at radius 1 is 1.16 bits per heavy atom. The van der Waals surface area contributed by atoms with Crippen molar-refractivity contribution < 1.29 is 4.39 Å². The van der Waals surface area contributed by atoms with Crippen LogP contribution in [0.5, 0.6) is 0 Å². The van der Waals surface area contributed by atoms with Gasteiger partial charge in [0.25, 0.3) is 0 Å². The van der Waals surface area contributed by atoms with Crippen molar-refractivity contribution in [3.05, 3.63) is 35.6 Å². The Hall–Kier alpha value is -1.62. The first-order valence-electron chi connectivity index (χ1n) is 9.65. The largest absolute Gasteiger partial charge is 0.356 e. The lowest BCUT2D eigenvalue weighted by molar-refractivity contribution is 0.330. The van der Waals surface area contributed by atoms with Gasteiger partial charge in [-0.05, 0) is 69.8 Å². The Kier molecular flexibility index (Phi) is 6.29. The van der Waals surface area contributed by atoms with E-state index in [4.69, 9.17) is 0 Å². The highest BCUT2D eigenvalue weighted by atomic mass is 19.1. The van der Waals surface area contributed by atoms with Crippen LogP contribution in [-0.4, -0.2) is 50.6 Å². The molecule has 1 aromatic carbocycles. The van der Waals surface area contributed by atoms with Crippen molar-refractivity contribution in [2.45, 2.75) is 43.9 Å². The zero-order valence-corrected chi connectivity index (χ0v) is 15.4. The van der Waals surface area contributed by atoms with Crippen LogP contribution >= 0.6 is 0 Å². The molecule has 0 bridgehead atoms. The second kappa shape index (κ2) is 8.65. The third-order valence-corrected chi connectivity index (χ3v) is 5.51. The van der Waals surface area contributed by atoms with E-state index in [-0.39, 0.29) is 11.2 Å². The Morgan fingerprint density at radius 3 is 2.60 bits per heavy atom. The Labute approximate surface area is 150 Å². The summed E-state index contributed by atoms with van der Waals surface area (Å²) in [6, 6.07) is 7.15. The number of rotatable bonds is 8. The third-order valence-electron chi connectivity index (χ3n) is 5.51. The molecular formula is C20H31FN4. The SMILES string of the molecule is CN=C(NCCCCN1CCCC1)NCC1(c2ccccc2F)CC1. The van der Waals surface area contributed by atoms with Crippen LogP contribution in [0, 0.1) is 5.82 Å². The van der Waals surface area contributed by atoms with Gasteiger partial charge in [0.05, 0.1) is 0 Å². The first kappa shape index (κ1) is 18.2. The minimum Gasteiger partial charge on any atom is -0.356 e. The molecule has 3 rings (SSSR count). The van der Waals surface area contributed by atoms with Gasteiger partial charge in [-0.1, -0.05) is 18.2 Å². The van der Waals surface area contributed by atoms with Crippen LogP contribution in [0.25, 0.3) is 0 Å². The molecule has 1 aliphatic heterocycles. The molecular weight excluding hydrogens is 315 g/mol. The number of halogens is 1. The number of aliphatic imine (C=N–C) groups is 1. The van der Waals surface area contributed by atoms with Crippen molar-refractivity contribution in [1.29, 1.82) is 0 Å². The van der Waals surface area contributed by atoms with E-state index in [0.29, 0.717) is 0 Å². The van der Waals surface area contributed by atoms with E-state index in [1.54, 1.807) is 19.2 Å². The standard InChI is InChI=1S/C20H31FN4/c1-22-19(23-12-4-5-13-25-14-6-7-15-25)24-16-20(10-11-20)17-8-2-3-9-18(17)21/h2-3,8-9H,4-7,10-16H2,1H3,(H2,22,23,24). The van der Waals surface area contributed by atoms with E-state index in [1.165, 1.54) is 38.9 Å². The minimum absolute atomic E-state index is 0.0568. The Balaban J connectivity index is 1.37. The second-order valence-corrected chi connectivity index (χ2v) is 7.37. The van der Waals surface area contributed by atoms with Crippen LogP contribution in [0.1, 0.15) is 44.1 Å². The lowest BCUT2D eigenvalue weighted by Crippen LogP contribution is -2.41. The fraction of sp³-hybridized carbons (Fsp3) is 0.650. The van der Waals surface area contributed by atoms with Gasteiger partial charge < -0.3 is 15.5 Å². The Bertz CT molecular complexity index is 577. The van der Waals surface area contributed by atoms with Crippen molar-refractivity contribution >= 4 is 5.96 Å². The summed E-state index contributed by atoms with van der Waals surface area (Å²) in [5.74, 6) is 0.732. The predicted molar refractivity (Wildman–Crippen MR) is 102 cm³/mol. The van der Waals surface area contributed by atoms with Gasteiger partial charge in [0, 0.05) is 25.6 Å². The van der Waals surface area contributed by atoms with Gasteiger partial charge in [-0.25, -0.2) is 4.39 Å². The molecule has 2 fully saturated rings. The summed E-state index contributed by atoms with van der Waals surface area (Å²) in [4.78, 5) is 6.85. The zero-order chi connectivity index (χ0) is 17.5. The number of benzene rings is 1. The summed E-state index contributed by atoms with van der Waals surface area (Å²) in [6.45, 7) is 5.43. The number of hydrogen-bond acceptors (Lipinski definition) is 2. The number of hydrogen-bond donors (Lipinski definition) is 2. The fourth-order valence-corrected chi connectivity index (χ4v) is 3.73. The molecule has 0 amide bonds. The van der Waals surface area contributed by atoms with E-state index in [0.717, 1.165) is 43.9 Å².